The van der Waals surface area contributed by atoms with Gasteiger partial charge in [-0.05, 0) is 30.2 Å². The van der Waals surface area contributed by atoms with Crippen LogP contribution in [0.1, 0.15) is 85.5 Å². The molecule has 0 heterocycles. The van der Waals surface area contributed by atoms with Crippen LogP contribution < -0.4 is 5.32 Å². The van der Waals surface area contributed by atoms with E-state index in [0.29, 0.717) is 16.5 Å². The molecule has 0 aromatic heterocycles. The Morgan fingerprint density at radius 1 is 0.760 bits per heavy atom. The average Bonchev–Trinajstić information content (AvgIpc) is 3.04. The van der Waals surface area contributed by atoms with Crippen LogP contribution in [0.25, 0.3) is 0 Å². The van der Waals surface area contributed by atoms with Gasteiger partial charge in [0, 0.05) is 20.4 Å². The summed E-state index contributed by atoms with van der Waals surface area (Å²) in [6, 6.07) is 0.412. The molecule has 0 radical (unpaired) electrons. The lowest BCUT2D eigenvalue weighted by Crippen LogP contribution is -2.62. The highest BCUT2D eigenvalue weighted by Gasteiger charge is 2.53. The Balaban J connectivity index is 2.34. The van der Waals surface area contributed by atoms with E-state index in [1.165, 1.54) is 57.8 Å². The van der Waals surface area contributed by atoms with Crippen molar-refractivity contribution in [2.75, 3.05) is 0 Å². The lowest BCUT2D eigenvalue weighted by atomic mass is 9.61. The van der Waals surface area contributed by atoms with Crippen LogP contribution in [0, 0.1) is 5.41 Å². The summed E-state index contributed by atoms with van der Waals surface area (Å²) >= 11 is 0. The van der Waals surface area contributed by atoms with Crippen molar-refractivity contribution in [1.82, 2.24) is 5.32 Å². The molecule has 1 nitrogen and oxygen atoms in total. The predicted octanol–water partition coefficient (Wildman–Crippen LogP) is 6.63. The summed E-state index contributed by atoms with van der Waals surface area (Å²) in [5, 5.41) is 4.58. The molecule has 2 heteroatoms. The van der Waals surface area contributed by atoms with Gasteiger partial charge in [0.2, 0.25) is 0 Å². The van der Waals surface area contributed by atoms with Crippen LogP contribution in [0.4, 0.5) is 0 Å². The fourth-order valence-electron chi connectivity index (χ4n) is 5.27. The molecular weight excluding hydrogens is 318 g/mol. The minimum atomic E-state index is -0.807. The Kier molecular flexibility index (Phi) is 7.18. The lowest BCUT2D eigenvalue weighted by molar-refractivity contribution is 0.0614. The molecule has 0 aliphatic heterocycles. The van der Waals surface area contributed by atoms with Crippen molar-refractivity contribution in [3.05, 3.63) is 24.3 Å². The molecule has 2 rings (SSSR count). The third-order valence-electron chi connectivity index (χ3n) is 8.19. The second-order valence-corrected chi connectivity index (χ2v) is 13.5. The van der Waals surface area contributed by atoms with E-state index < -0.39 is 8.80 Å². The number of rotatable bonds is 3. The first-order valence-electron chi connectivity index (χ1n) is 10.9. The van der Waals surface area contributed by atoms with E-state index in [4.69, 9.17) is 0 Å². The highest BCUT2D eigenvalue weighted by Crippen LogP contribution is 2.58. The Morgan fingerprint density at radius 2 is 1.24 bits per heavy atom. The summed E-state index contributed by atoms with van der Waals surface area (Å²) in [5.41, 5.74) is 0.478. The van der Waals surface area contributed by atoms with Gasteiger partial charge in [-0.3, -0.25) is 0 Å². The SMILES string of the molecule is C[SiH](C)C1(C)CCCCCCCCCC(C)(NC2C=CC=C2)C1(C)C. The standard InChI is InChI=1S/C23H43NSi/c1-21(2)22(3,24-20-16-12-13-17-20)18-14-10-8-7-9-11-15-19-23(21,4)25(5)6/h12-13,16-17,20,24-25H,7-11,14-15,18-19H2,1-6H3. The predicted molar refractivity (Wildman–Crippen MR) is 116 cm³/mol. The van der Waals surface area contributed by atoms with Gasteiger partial charge in [0.25, 0.3) is 0 Å². The third kappa shape index (κ3) is 4.50. The van der Waals surface area contributed by atoms with Gasteiger partial charge in [-0.25, -0.2) is 0 Å². The Labute approximate surface area is 159 Å². The van der Waals surface area contributed by atoms with Gasteiger partial charge in [0.15, 0.2) is 0 Å². The van der Waals surface area contributed by atoms with Gasteiger partial charge >= 0.3 is 0 Å². The second-order valence-electron chi connectivity index (χ2n) is 9.94. The third-order valence-corrected chi connectivity index (χ3v) is 11.7. The van der Waals surface area contributed by atoms with Gasteiger partial charge in [-0.15, -0.1) is 0 Å². The molecule has 1 saturated carbocycles. The molecule has 25 heavy (non-hydrogen) atoms. The molecule has 144 valence electrons. The van der Waals surface area contributed by atoms with Crippen LogP contribution in [0.5, 0.6) is 0 Å². The van der Waals surface area contributed by atoms with Crippen LogP contribution in [0.2, 0.25) is 18.1 Å². The fraction of sp³-hybridized carbons (Fsp3) is 0.826. The molecule has 1 fully saturated rings. The van der Waals surface area contributed by atoms with Crippen LogP contribution in [0.15, 0.2) is 24.3 Å². The maximum atomic E-state index is 4.10. The molecule has 1 N–H and O–H groups in total. The Bertz CT molecular complexity index is 466. The molecule has 0 amide bonds. The maximum Gasteiger partial charge on any atom is 0.0446 e. The van der Waals surface area contributed by atoms with E-state index in [9.17, 15) is 0 Å². The molecule has 2 atom stereocenters. The molecule has 0 aromatic carbocycles. The summed E-state index contributed by atoms with van der Waals surface area (Å²) < 4.78 is 0. The van der Waals surface area contributed by atoms with E-state index in [-0.39, 0.29) is 5.54 Å². The molecule has 0 aromatic rings. The van der Waals surface area contributed by atoms with Gasteiger partial charge in [0.1, 0.15) is 0 Å². The second kappa shape index (κ2) is 8.56. The number of hydrogen-bond acceptors (Lipinski definition) is 1. The van der Waals surface area contributed by atoms with Crippen LogP contribution in [0.3, 0.4) is 0 Å². The van der Waals surface area contributed by atoms with Crippen molar-refractivity contribution >= 4 is 8.80 Å². The number of hydrogen-bond donors (Lipinski definition) is 1. The summed E-state index contributed by atoms with van der Waals surface area (Å²) in [5.74, 6) is 0. The monoisotopic (exact) mass is 361 g/mol. The topological polar surface area (TPSA) is 12.0 Å². The fourth-order valence-corrected chi connectivity index (χ4v) is 7.81. The molecule has 2 aliphatic rings. The summed E-state index contributed by atoms with van der Waals surface area (Å²) in [6.45, 7) is 15.5. The molecular formula is C23H43NSi. The van der Waals surface area contributed by atoms with Crippen molar-refractivity contribution in [2.45, 2.75) is 115 Å². The zero-order valence-electron chi connectivity index (χ0n) is 17.8. The highest BCUT2D eigenvalue weighted by atomic mass is 28.3. The van der Waals surface area contributed by atoms with Crippen molar-refractivity contribution in [3.63, 3.8) is 0 Å². The van der Waals surface area contributed by atoms with Gasteiger partial charge in [0.05, 0.1) is 0 Å². The van der Waals surface area contributed by atoms with E-state index in [1.54, 1.807) is 0 Å². The molecule has 0 bridgehead atoms. The molecule has 0 saturated heterocycles. The van der Waals surface area contributed by atoms with Crippen molar-refractivity contribution in [1.29, 1.82) is 0 Å². The summed E-state index contributed by atoms with van der Waals surface area (Å²) in [4.78, 5) is 0. The van der Waals surface area contributed by atoms with Gasteiger partial charge < -0.3 is 5.32 Å². The minimum absolute atomic E-state index is 0.182. The van der Waals surface area contributed by atoms with Gasteiger partial charge in [-0.2, -0.15) is 0 Å². The van der Waals surface area contributed by atoms with E-state index >= 15 is 0 Å². The van der Waals surface area contributed by atoms with Gasteiger partial charge in [-0.1, -0.05) is 103 Å². The van der Waals surface area contributed by atoms with E-state index in [1.807, 2.05) is 0 Å². The highest BCUT2D eigenvalue weighted by molar-refractivity contribution is 6.59. The van der Waals surface area contributed by atoms with Crippen LogP contribution in [-0.2, 0) is 0 Å². The van der Waals surface area contributed by atoms with Crippen LogP contribution >= 0.6 is 0 Å². The number of allylic oxidation sites excluding steroid dienone is 2. The first-order valence-corrected chi connectivity index (χ1v) is 13.7. The summed E-state index contributed by atoms with van der Waals surface area (Å²) in [7, 11) is -0.807. The Morgan fingerprint density at radius 3 is 1.76 bits per heavy atom. The first kappa shape index (κ1) is 21.0. The van der Waals surface area contributed by atoms with Crippen molar-refractivity contribution in [3.8, 4) is 0 Å². The molecule has 2 aliphatic carbocycles. The zero-order chi connectivity index (χ0) is 18.6. The van der Waals surface area contributed by atoms with E-state index in [0.717, 1.165) is 0 Å². The minimum Gasteiger partial charge on any atom is -0.301 e. The number of nitrogens with one attached hydrogen (secondary N) is 1. The van der Waals surface area contributed by atoms with Crippen molar-refractivity contribution in [2.24, 2.45) is 5.41 Å². The maximum absolute atomic E-state index is 4.10. The smallest absolute Gasteiger partial charge is 0.0446 e. The van der Waals surface area contributed by atoms with Crippen LogP contribution in [-0.4, -0.2) is 20.4 Å². The Hall–Kier alpha value is -0.343. The van der Waals surface area contributed by atoms with E-state index in [2.05, 4.69) is 70.4 Å². The average molecular weight is 362 g/mol. The largest absolute Gasteiger partial charge is 0.301 e. The molecule has 0 spiro atoms. The molecule has 2 unspecified atom stereocenters. The lowest BCUT2D eigenvalue weighted by Gasteiger charge is -2.58. The zero-order valence-corrected chi connectivity index (χ0v) is 19.0. The van der Waals surface area contributed by atoms with Crippen molar-refractivity contribution < 1.29 is 0 Å². The summed E-state index contributed by atoms with van der Waals surface area (Å²) in [6.07, 6.45) is 21.7. The first-order chi connectivity index (χ1) is 11.7. The normalized spacial score (nSPS) is 34.8. The quantitative estimate of drug-likeness (QED) is 0.556.